The average Bonchev–Trinajstić information content (AvgIpc) is 2.02. The molecule has 0 aliphatic heterocycles. The normalized spacial score (nSPS) is 12.5. The van der Waals surface area contributed by atoms with Crippen LogP contribution >= 0.6 is 15.9 Å². The topological polar surface area (TPSA) is 80.4 Å². The van der Waals surface area contributed by atoms with Crippen molar-refractivity contribution in [3.8, 4) is 0 Å². The smallest absolute Gasteiger partial charge is 0.302 e. The van der Waals surface area contributed by atoms with E-state index in [0.717, 1.165) is 12.1 Å². The second-order valence-corrected chi connectivity index (χ2v) is 4.03. The Kier molecular flexibility index (Phi) is 3.29. The Balaban J connectivity index is 3.42. The molecule has 1 aromatic carbocycles. The van der Waals surface area contributed by atoms with E-state index >= 15 is 0 Å². The van der Waals surface area contributed by atoms with Crippen LogP contribution < -0.4 is 0 Å². The molecule has 8 heteroatoms. The first kappa shape index (κ1) is 11.2. The Morgan fingerprint density at radius 1 is 1.57 bits per heavy atom. The van der Waals surface area contributed by atoms with Gasteiger partial charge < -0.3 is 4.55 Å². The van der Waals surface area contributed by atoms with E-state index in [1.54, 1.807) is 0 Å². The second-order valence-electron chi connectivity index (χ2n) is 2.24. The van der Waals surface area contributed by atoms with Gasteiger partial charge in [0, 0.05) is 10.5 Å². The molecule has 1 aromatic rings. The zero-order valence-corrected chi connectivity index (χ0v) is 8.84. The van der Waals surface area contributed by atoms with Crippen LogP contribution in [0.15, 0.2) is 21.5 Å². The number of hydrogen-bond donors (Lipinski definition) is 1. The van der Waals surface area contributed by atoms with Gasteiger partial charge in [0.15, 0.2) is 11.1 Å². The molecule has 14 heavy (non-hydrogen) atoms. The standard InChI is InChI=1S/C6H3BrFNO4S/c7-3-1-4(8)5(9(10)11)2-6(3)14(12)13/h1-2H,(H,12,13). The third-order valence-corrected chi connectivity index (χ3v) is 3.02. The zero-order chi connectivity index (χ0) is 10.9. The van der Waals surface area contributed by atoms with E-state index in [-0.39, 0.29) is 9.37 Å². The number of rotatable bonds is 2. The molecule has 1 rings (SSSR count). The number of halogens is 2. The van der Waals surface area contributed by atoms with Gasteiger partial charge >= 0.3 is 5.69 Å². The molecule has 5 nitrogen and oxygen atoms in total. The fourth-order valence-electron chi connectivity index (χ4n) is 0.792. The summed E-state index contributed by atoms with van der Waals surface area (Å²) in [6.07, 6.45) is 0. The Labute approximate surface area is 88.5 Å². The van der Waals surface area contributed by atoms with Crippen LogP contribution in [0, 0.1) is 15.9 Å². The van der Waals surface area contributed by atoms with Crippen LogP contribution in [0.5, 0.6) is 0 Å². The lowest BCUT2D eigenvalue weighted by Crippen LogP contribution is -1.97. The molecular weight excluding hydrogens is 281 g/mol. The number of nitrogens with zero attached hydrogens (tertiary/aromatic N) is 1. The molecule has 0 fully saturated rings. The molecule has 0 bridgehead atoms. The Hall–Kier alpha value is -0.860. The van der Waals surface area contributed by atoms with E-state index in [1.165, 1.54) is 0 Å². The highest BCUT2D eigenvalue weighted by molar-refractivity contribution is 9.10. The van der Waals surface area contributed by atoms with Crippen LogP contribution in [-0.2, 0) is 11.1 Å². The summed E-state index contributed by atoms with van der Waals surface area (Å²) in [5, 5.41) is 10.3. The molecule has 0 saturated carbocycles. The highest BCUT2D eigenvalue weighted by Gasteiger charge is 2.19. The van der Waals surface area contributed by atoms with Crippen molar-refractivity contribution in [3.63, 3.8) is 0 Å². The van der Waals surface area contributed by atoms with Crippen molar-refractivity contribution in [1.82, 2.24) is 0 Å². The van der Waals surface area contributed by atoms with E-state index < -0.39 is 27.5 Å². The summed E-state index contributed by atoms with van der Waals surface area (Å²) in [6.45, 7) is 0. The quantitative estimate of drug-likeness (QED) is 0.512. The van der Waals surface area contributed by atoms with Gasteiger partial charge in [0.1, 0.15) is 0 Å². The van der Waals surface area contributed by atoms with Gasteiger partial charge in [-0.15, -0.1) is 0 Å². The number of nitro groups is 1. The molecule has 0 aliphatic carbocycles. The minimum Gasteiger partial charge on any atom is -0.302 e. The summed E-state index contributed by atoms with van der Waals surface area (Å²) in [4.78, 5) is 9.08. The third-order valence-electron chi connectivity index (χ3n) is 1.39. The van der Waals surface area contributed by atoms with Gasteiger partial charge in [0.25, 0.3) is 0 Å². The summed E-state index contributed by atoms with van der Waals surface area (Å²) in [6, 6.07) is 1.50. The Morgan fingerprint density at radius 2 is 2.14 bits per heavy atom. The molecule has 0 spiro atoms. The van der Waals surface area contributed by atoms with Crippen LogP contribution in [0.3, 0.4) is 0 Å². The van der Waals surface area contributed by atoms with Gasteiger partial charge in [-0.2, -0.15) is 4.39 Å². The lowest BCUT2D eigenvalue weighted by atomic mass is 10.3. The fraction of sp³-hybridized carbons (Fsp3) is 0. The highest BCUT2D eigenvalue weighted by Crippen LogP contribution is 2.27. The average molecular weight is 284 g/mol. The van der Waals surface area contributed by atoms with Gasteiger partial charge in [0.05, 0.1) is 9.82 Å². The van der Waals surface area contributed by atoms with Crippen molar-refractivity contribution in [3.05, 3.63) is 32.5 Å². The molecule has 1 N–H and O–H groups in total. The SMILES string of the molecule is O=[N+]([O-])c1cc(S(=O)O)c(Br)cc1F. The van der Waals surface area contributed by atoms with Crippen LogP contribution in [0.2, 0.25) is 0 Å². The largest absolute Gasteiger partial charge is 0.306 e. The molecule has 0 amide bonds. The van der Waals surface area contributed by atoms with Crippen molar-refractivity contribution in [2.45, 2.75) is 4.90 Å². The fourth-order valence-corrected chi connectivity index (χ4v) is 1.96. The van der Waals surface area contributed by atoms with Crippen LogP contribution in [0.1, 0.15) is 0 Å². The van der Waals surface area contributed by atoms with Crippen LogP contribution in [0.4, 0.5) is 10.1 Å². The van der Waals surface area contributed by atoms with Gasteiger partial charge in [-0.25, -0.2) is 4.21 Å². The molecule has 0 radical (unpaired) electrons. The molecule has 0 aliphatic rings. The van der Waals surface area contributed by atoms with Gasteiger partial charge in [-0.3, -0.25) is 10.1 Å². The third kappa shape index (κ3) is 2.14. The highest BCUT2D eigenvalue weighted by atomic mass is 79.9. The maximum absolute atomic E-state index is 12.9. The monoisotopic (exact) mass is 283 g/mol. The molecule has 0 saturated heterocycles. The first-order chi connectivity index (χ1) is 6.43. The zero-order valence-electron chi connectivity index (χ0n) is 6.44. The minimum atomic E-state index is -2.39. The van der Waals surface area contributed by atoms with Crippen molar-refractivity contribution in [1.29, 1.82) is 0 Å². The van der Waals surface area contributed by atoms with E-state index in [0.29, 0.717) is 0 Å². The predicted octanol–water partition coefficient (Wildman–Crippen LogP) is 2.08. The number of benzene rings is 1. The van der Waals surface area contributed by atoms with Gasteiger partial charge in [0.2, 0.25) is 5.82 Å². The summed E-state index contributed by atoms with van der Waals surface area (Å²) >= 11 is 0.422. The minimum absolute atomic E-state index is 0.0152. The molecule has 76 valence electrons. The Bertz CT molecular complexity index is 389. The van der Waals surface area contributed by atoms with Crippen LogP contribution in [0.25, 0.3) is 0 Å². The molecule has 1 unspecified atom stereocenters. The number of nitro benzene ring substituents is 1. The maximum atomic E-state index is 12.9. The van der Waals surface area contributed by atoms with Crippen LogP contribution in [-0.4, -0.2) is 13.7 Å². The molecular formula is C6H3BrFNO4S. The molecule has 1 atom stereocenters. The van der Waals surface area contributed by atoms with Crippen molar-refractivity contribution in [2.24, 2.45) is 0 Å². The van der Waals surface area contributed by atoms with E-state index in [2.05, 4.69) is 15.9 Å². The second kappa shape index (κ2) is 4.11. The maximum Gasteiger partial charge on any atom is 0.306 e. The van der Waals surface area contributed by atoms with Crippen molar-refractivity contribution < 1.29 is 18.1 Å². The lowest BCUT2D eigenvalue weighted by molar-refractivity contribution is -0.387. The first-order valence-corrected chi connectivity index (χ1v) is 5.07. The predicted molar refractivity (Wildman–Crippen MR) is 49.8 cm³/mol. The van der Waals surface area contributed by atoms with E-state index in [9.17, 15) is 18.7 Å². The molecule has 0 heterocycles. The van der Waals surface area contributed by atoms with E-state index in [4.69, 9.17) is 4.55 Å². The summed E-state index contributed by atoms with van der Waals surface area (Å²) in [5.41, 5.74) is -0.828. The van der Waals surface area contributed by atoms with Crippen molar-refractivity contribution >= 4 is 32.7 Å². The van der Waals surface area contributed by atoms with Crippen molar-refractivity contribution in [2.75, 3.05) is 0 Å². The first-order valence-electron chi connectivity index (χ1n) is 3.17. The summed E-state index contributed by atoms with van der Waals surface area (Å²) < 4.78 is 32.3. The summed E-state index contributed by atoms with van der Waals surface area (Å²) in [5.74, 6) is -1.06. The van der Waals surface area contributed by atoms with Gasteiger partial charge in [-0.1, -0.05) is 0 Å². The van der Waals surface area contributed by atoms with Gasteiger partial charge in [-0.05, 0) is 22.0 Å². The number of hydrogen-bond acceptors (Lipinski definition) is 3. The molecule has 0 aromatic heterocycles. The Morgan fingerprint density at radius 3 is 2.57 bits per heavy atom. The van der Waals surface area contributed by atoms with E-state index in [1.807, 2.05) is 0 Å². The summed E-state index contributed by atoms with van der Waals surface area (Å²) in [7, 11) is 0. The lowest BCUT2D eigenvalue weighted by Gasteiger charge is -2.00.